The lowest BCUT2D eigenvalue weighted by Gasteiger charge is -2.38. The van der Waals surface area contributed by atoms with E-state index in [2.05, 4.69) is 34.4 Å². The van der Waals surface area contributed by atoms with Crippen LogP contribution in [0.2, 0.25) is 0 Å². The van der Waals surface area contributed by atoms with Crippen LogP contribution in [0.4, 0.5) is 37.3 Å². The van der Waals surface area contributed by atoms with Crippen molar-refractivity contribution in [1.29, 1.82) is 0 Å². The van der Waals surface area contributed by atoms with Crippen molar-refractivity contribution in [2.45, 2.75) is 44.3 Å². The smallest absolute Gasteiger partial charge is 0.434 e. The van der Waals surface area contributed by atoms with Crippen LogP contribution in [0.1, 0.15) is 18.5 Å². The van der Waals surface area contributed by atoms with E-state index in [1.807, 2.05) is 13.0 Å². The number of hydrogen-bond acceptors (Lipinski definition) is 8. The molecule has 3 atom stereocenters. The highest BCUT2D eigenvalue weighted by atomic mass is 32.1. The van der Waals surface area contributed by atoms with E-state index >= 15 is 0 Å². The van der Waals surface area contributed by atoms with Gasteiger partial charge in [-0.1, -0.05) is 0 Å². The van der Waals surface area contributed by atoms with Crippen LogP contribution in [-0.2, 0) is 0 Å². The summed E-state index contributed by atoms with van der Waals surface area (Å²) >= 11 is 1.45. The van der Waals surface area contributed by atoms with Crippen LogP contribution < -0.4 is 15.0 Å². The topological polar surface area (TPSA) is 80.5 Å². The van der Waals surface area contributed by atoms with Crippen LogP contribution in [0.5, 0.6) is 5.88 Å². The summed E-state index contributed by atoms with van der Waals surface area (Å²) in [4.78, 5) is 9.93. The Hall–Kier alpha value is -2.84. The van der Waals surface area contributed by atoms with Crippen molar-refractivity contribution in [3.63, 3.8) is 0 Å². The Balaban J connectivity index is 1.35. The van der Waals surface area contributed by atoms with Crippen molar-refractivity contribution >= 4 is 28.1 Å². The van der Waals surface area contributed by atoms with Crippen molar-refractivity contribution in [2.75, 3.05) is 23.3 Å². The highest BCUT2D eigenvalue weighted by Gasteiger charge is 2.59. The average molecular weight is 507 g/mol. The molecule has 1 aliphatic heterocycles. The second-order valence-electron chi connectivity index (χ2n) is 8.50. The number of aromatic nitrogens is 5. The van der Waals surface area contributed by atoms with E-state index in [9.17, 15) is 26.3 Å². The Morgan fingerprint density at radius 2 is 1.79 bits per heavy atom. The van der Waals surface area contributed by atoms with Gasteiger partial charge >= 0.3 is 12.4 Å². The number of fused-ring (bicyclic) bond motifs is 3. The molecule has 3 aromatic rings. The third-order valence-corrected chi connectivity index (χ3v) is 7.05. The Morgan fingerprint density at radius 1 is 1.12 bits per heavy atom. The van der Waals surface area contributed by atoms with Crippen molar-refractivity contribution in [2.24, 2.45) is 11.8 Å². The van der Waals surface area contributed by atoms with Gasteiger partial charge in [-0.05, 0) is 49.2 Å². The summed E-state index contributed by atoms with van der Waals surface area (Å²) in [5.74, 6) is -0.249. The highest BCUT2D eigenvalue weighted by molar-refractivity contribution is 7.10. The van der Waals surface area contributed by atoms with E-state index in [0.717, 1.165) is 47.3 Å². The molecule has 2 fully saturated rings. The number of hydrogen-bond donors (Lipinski definition) is 1. The van der Waals surface area contributed by atoms with Crippen molar-refractivity contribution in [3.8, 4) is 5.88 Å². The molecule has 1 saturated carbocycles. The molecule has 0 aromatic carbocycles. The quantitative estimate of drug-likeness (QED) is 0.521. The normalized spacial score (nSPS) is 23.2. The monoisotopic (exact) mass is 507 g/mol. The van der Waals surface area contributed by atoms with Gasteiger partial charge in [0.05, 0.1) is 5.69 Å². The average Bonchev–Trinajstić information content (AvgIpc) is 3.40. The molecule has 1 N–H and O–H groups in total. The van der Waals surface area contributed by atoms with Crippen LogP contribution in [-0.4, -0.2) is 61.5 Å². The second-order valence-corrected chi connectivity index (χ2v) is 9.28. The molecule has 184 valence electrons. The number of nitrogens with one attached hydrogen (secondary N) is 1. The lowest BCUT2D eigenvalue weighted by Crippen LogP contribution is -2.48. The van der Waals surface area contributed by atoms with Gasteiger partial charge in [0.25, 0.3) is 12.0 Å². The summed E-state index contributed by atoms with van der Waals surface area (Å²) in [6, 6.07) is 2.07. The van der Waals surface area contributed by atoms with Gasteiger partial charge in [-0.25, -0.2) is 9.50 Å². The summed E-state index contributed by atoms with van der Waals surface area (Å²) in [6.07, 6.45) is -11.1. The highest BCUT2D eigenvalue weighted by Crippen LogP contribution is 2.41. The molecule has 15 heteroatoms. The third kappa shape index (κ3) is 4.32. The van der Waals surface area contributed by atoms with E-state index in [0.29, 0.717) is 0 Å². The summed E-state index contributed by atoms with van der Waals surface area (Å²) in [5, 5.41) is 8.51. The molecule has 0 spiro atoms. The summed E-state index contributed by atoms with van der Waals surface area (Å²) < 4.78 is 87.2. The molecular weight excluding hydrogens is 488 g/mol. The van der Waals surface area contributed by atoms with Gasteiger partial charge in [0.2, 0.25) is 11.6 Å². The first-order valence-corrected chi connectivity index (χ1v) is 11.2. The number of halogens is 6. The standard InChI is InChI=1S/C19H19F6N7OS/c1-9-6-12(34-30-9)31-7-10-2-3-11(8-31)13(10)27-17-28-14-15(26-4-5-32(14)29-17)33-16(18(20,21)22)19(23,24)25/h4-6,10-11,13,16H,2-3,7-8H2,1H3,(H,27,29)/t10-,11+,13?. The zero-order chi connectivity index (χ0) is 24.3. The van der Waals surface area contributed by atoms with Gasteiger partial charge in [0, 0.05) is 31.5 Å². The number of aryl methyl sites for hydroxylation is 1. The van der Waals surface area contributed by atoms with Gasteiger partial charge in [-0.3, -0.25) is 0 Å². The largest absolute Gasteiger partial charge is 0.452 e. The molecule has 8 nitrogen and oxygen atoms in total. The molecule has 3 aromatic heterocycles. The van der Waals surface area contributed by atoms with Crippen LogP contribution in [0.3, 0.4) is 0 Å². The summed E-state index contributed by atoms with van der Waals surface area (Å²) in [5.41, 5.74) is 0.625. The maximum absolute atomic E-state index is 12.9. The Bertz CT molecular complexity index is 1150. The first-order chi connectivity index (χ1) is 16.0. The minimum absolute atomic E-state index is 0.0260. The number of rotatable bonds is 5. The summed E-state index contributed by atoms with van der Waals surface area (Å²) in [7, 11) is 0. The Morgan fingerprint density at radius 3 is 2.38 bits per heavy atom. The van der Waals surface area contributed by atoms with Gasteiger partial charge in [0.1, 0.15) is 5.00 Å². The van der Waals surface area contributed by atoms with E-state index in [-0.39, 0.29) is 29.5 Å². The van der Waals surface area contributed by atoms with E-state index in [1.54, 1.807) is 0 Å². The van der Waals surface area contributed by atoms with Gasteiger partial charge in [-0.2, -0.15) is 35.7 Å². The zero-order valence-electron chi connectivity index (χ0n) is 17.6. The Labute approximate surface area is 193 Å². The molecule has 5 rings (SSSR count). The molecule has 34 heavy (non-hydrogen) atoms. The number of ether oxygens (including phenoxy) is 1. The number of piperidine rings is 1. The van der Waals surface area contributed by atoms with Gasteiger partial charge < -0.3 is 15.0 Å². The predicted octanol–water partition coefficient (Wildman–Crippen LogP) is 4.09. The van der Waals surface area contributed by atoms with E-state index in [4.69, 9.17) is 0 Å². The van der Waals surface area contributed by atoms with Crippen LogP contribution in [0.25, 0.3) is 5.65 Å². The number of alkyl halides is 6. The lowest BCUT2D eigenvalue weighted by atomic mass is 9.92. The molecule has 0 radical (unpaired) electrons. The fraction of sp³-hybridized carbons (Fsp3) is 0.579. The predicted molar refractivity (Wildman–Crippen MR) is 110 cm³/mol. The van der Waals surface area contributed by atoms with Crippen LogP contribution >= 0.6 is 11.5 Å². The van der Waals surface area contributed by atoms with E-state index in [1.165, 1.54) is 17.7 Å². The molecule has 1 aliphatic carbocycles. The van der Waals surface area contributed by atoms with E-state index < -0.39 is 24.3 Å². The first-order valence-electron chi connectivity index (χ1n) is 10.5. The summed E-state index contributed by atoms with van der Waals surface area (Å²) in [6.45, 7) is 3.55. The molecule has 0 amide bonds. The Kier molecular flexibility index (Phi) is 5.48. The second kappa shape index (κ2) is 8.13. The molecule has 4 heterocycles. The SMILES string of the molecule is Cc1cc(N2C[C@H]3CC[C@@H](C2)C3Nc2nc3c(OC(C(F)(F)F)C(F)(F)F)nccn3n2)sn1. The third-order valence-electron chi connectivity index (χ3n) is 6.10. The fourth-order valence-corrected chi connectivity index (χ4v) is 5.43. The number of anilines is 2. The fourth-order valence-electron chi connectivity index (χ4n) is 4.66. The maximum Gasteiger partial charge on any atom is 0.434 e. The van der Waals surface area contributed by atoms with Crippen LogP contribution in [0.15, 0.2) is 18.5 Å². The molecule has 1 unspecified atom stereocenters. The molecular formula is C19H19F6N7OS. The first kappa shape index (κ1) is 22.9. The number of nitrogens with zero attached hydrogens (tertiary/aromatic N) is 6. The van der Waals surface area contributed by atoms with Crippen LogP contribution in [0, 0.1) is 18.8 Å². The van der Waals surface area contributed by atoms with Crippen molar-refractivity contribution in [3.05, 3.63) is 24.2 Å². The maximum atomic E-state index is 12.9. The van der Waals surface area contributed by atoms with Crippen molar-refractivity contribution < 1.29 is 31.1 Å². The van der Waals surface area contributed by atoms with Gasteiger partial charge in [-0.15, -0.1) is 5.10 Å². The van der Waals surface area contributed by atoms with Gasteiger partial charge in [0.15, 0.2) is 0 Å². The minimum Gasteiger partial charge on any atom is -0.452 e. The molecule has 2 aliphatic rings. The van der Waals surface area contributed by atoms with Crippen molar-refractivity contribution in [1.82, 2.24) is 24.0 Å². The molecule has 2 bridgehead atoms. The molecule has 1 saturated heterocycles. The minimum atomic E-state index is -5.67. The zero-order valence-corrected chi connectivity index (χ0v) is 18.5. The lowest BCUT2D eigenvalue weighted by molar-refractivity contribution is -0.300.